The zero-order chi connectivity index (χ0) is 10.3. The van der Waals surface area contributed by atoms with Crippen LogP contribution in [0.3, 0.4) is 0 Å². The smallest absolute Gasteiger partial charge is 0.0139 e. The number of nitrogens with zero attached hydrogens (tertiary/aromatic N) is 1. The van der Waals surface area contributed by atoms with Gasteiger partial charge in [-0.3, -0.25) is 0 Å². The van der Waals surface area contributed by atoms with E-state index >= 15 is 0 Å². The number of rotatable bonds is 7. The van der Waals surface area contributed by atoms with Crippen molar-refractivity contribution in [3.05, 3.63) is 0 Å². The van der Waals surface area contributed by atoms with Crippen molar-refractivity contribution in [2.75, 3.05) is 19.6 Å². The molecule has 0 saturated heterocycles. The van der Waals surface area contributed by atoms with Crippen LogP contribution in [-0.4, -0.2) is 36.6 Å². The summed E-state index contributed by atoms with van der Waals surface area (Å²) in [4.78, 5) is 2.36. The molecule has 0 fully saturated rings. The fourth-order valence-electron chi connectivity index (χ4n) is 1.45. The highest BCUT2D eigenvalue weighted by molar-refractivity contribution is 4.68. The van der Waals surface area contributed by atoms with Crippen molar-refractivity contribution < 1.29 is 0 Å². The van der Waals surface area contributed by atoms with Gasteiger partial charge >= 0.3 is 0 Å². The highest BCUT2D eigenvalue weighted by Crippen LogP contribution is 1.97. The van der Waals surface area contributed by atoms with Crippen molar-refractivity contribution in [2.45, 2.75) is 45.7 Å². The van der Waals surface area contributed by atoms with E-state index in [-0.39, 0.29) is 12.1 Å². The van der Waals surface area contributed by atoms with E-state index in [9.17, 15) is 0 Å². The normalized spacial score (nSPS) is 16.2. The van der Waals surface area contributed by atoms with E-state index in [2.05, 4.69) is 11.8 Å². The van der Waals surface area contributed by atoms with Crippen molar-refractivity contribution in [1.29, 1.82) is 0 Å². The predicted molar refractivity (Wildman–Crippen MR) is 58.6 cm³/mol. The van der Waals surface area contributed by atoms with Gasteiger partial charge in [0.1, 0.15) is 0 Å². The van der Waals surface area contributed by atoms with E-state index in [0.29, 0.717) is 0 Å². The molecule has 0 radical (unpaired) electrons. The van der Waals surface area contributed by atoms with Gasteiger partial charge in [0, 0.05) is 25.2 Å². The van der Waals surface area contributed by atoms with Crippen LogP contribution in [0.1, 0.15) is 33.6 Å². The first-order chi connectivity index (χ1) is 6.06. The van der Waals surface area contributed by atoms with Crippen LogP contribution < -0.4 is 11.5 Å². The third-order valence-corrected chi connectivity index (χ3v) is 1.92. The largest absolute Gasteiger partial charge is 0.327 e. The number of hydrogen-bond acceptors (Lipinski definition) is 3. The molecule has 0 aromatic heterocycles. The molecule has 13 heavy (non-hydrogen) atoms. The first-order valence-corrected chi connectivity index (χ1v) is 5.29. The molecule has 0 amide bonds. The monoisotopic (exact) mass is 187 g/mol. The Morgan fingerprint density at radius 1 is 1.08 bits per heavy atom. The molecule has 80 valence electrons. The van der Waals surface area contributed by atoms with Gasteiger partial charge in [0.2, 0.25) is 0 Å². The highest BCUT2D eigenvalue weighted by Gasteiger charge is 2.08. The third-order valence-electron chi connectivity index (χ3n) is 1.92. The second kappa shape index (κ2) is 7.30. The average Bonchev–Trinajstić information content (AvgIpc) is 1.98. The molecule has 4 N–H and O–H groups in total. The molecule has 0 spiro atoms. The zero-order valence-electron chi connectivity index (χ0n) is 9.29. The zero-order valence-corrected chi connectivity index (χ0v) is 9.29. The Labute approximate surface area is 82.5 Å². The van der Waals surface area contributed by atoms with Crippen LogP contribution >= 0.6 is 0 Å². The number of nitrogens with two attached hydrogens (primary N) is 2. The second-order valence-electron chi connectivity index (χ2n) is 4.07. The van der Waals surface area contributed by atoms with Crippen LogP contribution in [-0.2, 0) is 0 Å². The Hall–Kier alpha value is -0.120. The van der Waals surface area contributed by atoms with Gasteiger partial charge in [-0.1, -0.05) is 13.3 Å². The van der Waals surface area contributed by atoms with Gasteiger partial charge in [0.05, 0.1) is 0 Å². The molecule has 3 nitrogen and oxygen atoms in total. The van der Waals surface area contributed by atoms with Gasteiger partial charge in [-0.25, -0.2) is 0 Å². The fourth-order valence-corrected chi connectivity index (χ4v) is 1.45. The lowest BCUT2D eigenvalue weighted by atomic mass is 10.2. The lowest BCUT2D eigenvalue weighted by molar-refractivity contribution is 0.246. The first-order valence-electron chi connectivity index (χ1n) is 5.29. The standard InChI is InChI=1S/C10H25N3/c1-4-5-6-13(7-9(2)11)8-10(3)12/h9-10H,4-8,11-12H2,1-3H3. The summed E-state index contributed by atoms with van der Waals surface area (Å²) in [5.41, 5.74) is 11.5. The van der Waals surface area contributed by atoms with Gasteiger partial charge in [-0.2, -0.15) is 0 Å². The molecule has 0 heterocycles. The summed E-state index contributed by atoms with van der Waals surface area (Å²) < 4.78 is 0. The minimum absolute atomic E-state index is 0.246. The first kappa shape index (κ1) is 12.9. The van der Waals surface area contributed by atoms with Crippen LogP contribution in [0.2, 0.25) is 0 Å². The molecule has 0 bridgehead atoms. The summed E-state index contributed by atoms with van der Waals surface area (Å²) in [5, 5.41) is 0. The third kappa shape index (κ3) is 8.22. The molecule has 2 unspecified atom stereocenters. The lowest BCUT2D eigenvalue weighted by Gasteiger charge is -2.25. The van der Waals surface area contributed by atoms with Crippen molar-refractivity contribution >= 4 is 0 Å². The van der Waals surface area contributed by atoms with Crippen molar-refractivity contribution in [2.24, 2.45) is 11.5 Å². The molecule has 0 rings (SSSR count). The number of hydrogen-bond donors (Lipinski definition) is 2. The highest BCUT2D eigenvalue weighted by atomic mass is 15.1. The maximum Gasteiger partial charge on any atom is 0.0139 e. The predicted octanol–water partition coefficient (Wildman–Crippen LogP) is 0.783. The fraction of sp³-hybridized carbons (Fsp3) is 1.00. The summed E-state index contributed by atoms with van der Waals surface area (Å²) in [5.74, 6) is 0. The van der Waals surface area contributed by atoms with E-state index in [1.807, 2.05) is 13.8 Å². The molecule has 0 aliphatic heterocycles. The van der Waals surface area contributed by atoms with Crippen LogP contribution in [0.15, 0.2) is 0 Å². The van der Waals surface area contributed by atoms with E-state index in [0.717, 1.165) is 19.6 Å². The Morgan fingerprint density at radius 2 is 1.54 bits per heavy atom. The molecule has 0 aromatic rings. The Morgan fingerprint density at radius 3 is 1.85 bits per heavy atom. The summed E-state index contributed by atoms with van der Waals surface area (Å²) in [7, 11) is 0. The summed E-state index contributed by atoms with van der Waals surface area (Å²) in [6.45, 7) is 9.33. The molecular weight excluding hydrogens is 162 g/mol. The van der Waals surface area contributed by atoms with Gasteiger partial charge < -0.3 is 16.4 Å². The van der Waals surface area contributed by atoms with Crippen molar-refractivity contribution in [1.82, 2.24) is 4.90 Å². The maximum absolute atomic E-state index is 5.76. The van der Waals surface area contributed by atoms with Crippen LogP contribution in [0, 0.1) is 0 Å². The Kier molecular flexibility index (Phi) is 7.23. The molecule has 0 aliphatic rings. The Balaban J connectivity index is 3.73. The summed E-state index contributed by atoms with van der Waals surface area (Å²) in [6, 6.07) is 0.492. The molecule has 3 heteroatoms. The second-order valence-corrected chi connectivity index (χ2v) is 4.07. The SMILES string of the molecule is CCCCN(CC(C)N)CC(C)N. The minimum Gasteiger partial charge on any atom is -0.327 e. The molecule has 0 aliphatic carbocycles. The van der Waals surface area contributed by atoms with Gasteiger partial charge in [0.25, 0.3) is 0 Å². The van der Waals surface area contributed by atoms with Crippen LogP contribution in [0.4, 0.5) is 0 Å². The van der Waals surface area contributed by atoms with Gasteiger partial charge in [0.15, 0.2) is 0 Å². The van der Waals surface area contributed by atoms with Gasteiger partial charge in [-0.05, 0) is 26.8 Å². The van der Waals surface area contributed by atoms with Crippen LogP contribution in [0.25, 0.3) is 0 Å². The van der Waals surface area contributed by atoms with E-state index < -0.39 is 0 Å². The van der Waals surface area contributed by atoms with Gasteiger partial charge in [-0.15, -0.1) is 0 Å². The van der Waals surface area contributed by atoms with Crippen molar-refractivity contribution in [3.63, 3.8) is 0 Å². The topological polar surface area (TPSA) is 55.3 Å². The minimum atomic E-state index is 0.246. The maximum atomic E-state index is 5.76. The number of unbranched alkanes of at least 4 members (excludes halogenated alkanes) is 1. The molecular formula is C10H25N3. The average molecular weight is 187 g/mol. The Bertz CT molecular complexity index is 103. The summed E-state index contributed by atoms with van der Waals surface area (Å²) in [6.07, 6.45) is 2.47. The lowest BCUT2D eigenvalue weighted by Crippen LogP contribution is -2.42. The van der Waals surface area contributed by atoms with Crippen LogP contribution in [0.5, 0.6) is 0 Å². The van der Waals surface area contributed by atoms with E-state index in [4.69, 9.17) is 11.5 Å². The van der Waals surface area contributed by atoms with Crippen molar-refractivity contribution in [3.8, 4) is 0 Å². The quantitative estimate of drug-likeness (QED) is 0.619. The summed E-state index contributed by atoms with van der Waals surface area (Å²) >= 11 is 0. The molecule has 0 aromatic carbocycles. The molecule has 0 saturated carbocycles. The molecule has 2 atom stereocenters. The van der Waals surface area contributed by atoms with E-state index in [1.165, 1.54) is 12.8 Å². The van der Waals surface area contributed by atoms with E-state index in [1.54, 1.807) is 0 Å².